The van der Waals surface area contributed by atoms with Crippen LogP contribution < -0.4 is 4.72 Å². The van der Waals surface area contributed by atoms with Gasteiger partial charge in [-0.05, 0) is 19.4 Å². The Balaban J connectivity index is 2.78. The number of esters is 1. The Bertz CT molecular complexity index is 620. The number of sulfonamides is 1. The fourth-order valence-corrected chi connectivity index (χ4v) is 2.76. The summed E-state index contributed by atoms with van der Waals surface area (Å²) in [5.74, 6) is -1.59. The Morgan fingerprint density at radius 2 is 2.10 bits per heavy atom. The van der Waals surface area contributed by atoms with Crippen molar-refractivity contribution in [2.24, 2.45) is 7.05 Å². The molecule has 0 fully saturated rings. The fraction of sp³-hybridized carbons (Fsp3) is 0.500. The first kappa shape index (κ1) is 17.2. The largest absolute Gasteiger partial charge is 0.481 e. The number of nitrogens with one attached hydrogen (secondary N) is 1. The van der Waals surface area contributed by atoms with Crippen LogP contribution in [0.3, 0.4) is 0 Å². The number of carbonyl (C=O) groups is 2. The molecule has 0 amide bonds. The number of hydrogen-bond donors (Lipinski definition) is 2. The first-order valence-corrected chi connectivity index (χ1v) is 7.81. The standard InChI is InChI=1S/C12H18N2O6S/c1-3-20-12(17)10-7-9(8-14(10)2)21(18,19)13-6-4-5-11(15)16/h7-8,13H,3-6H2,1-2H3,(H,15,16). The molecule has 0 saturated heterocycles. The van der Waals surface area contributed by atoms with Gasteiger partial charge in [0, 0.05) is 26.2 Å². The maximum absolute atomic E-state index is 12.0. The van der Waals surface area contributed by atoms with Crippen molar-refractivity contribution in [3.8, 4) is 0 Å². The zero-order valence-electron chi connectivity index (χ0n) is 11.8. The van der Waals surface area contributed by atoms with Crippen molar-refractivity contribution >= 4 is 22.0 Å². The third-order valence-electron chi connectivity index (χ3n) is 2.63. The second kappa shape index (κ2) is 7.23. The van der Waals surface area contributed by atoms with Gasteiger partial charge in [0.15, 0.2) is 0 Å². The van der Waals surface area contributed by atoms with Gasteiger partial charge < -0.3 is 14.4 Å². The van der Waals surface area contributed by atoms with Gasteiger partial charge in [-0.15, -0.1) is 0 Å². The van der Waals surface area contributed by atoms with Crippen LogP contribution in [-0.4, -0.2) is 43.2 Å². The molecule has 1 rings (SSSR count). The minimum atomic E-state index is -3.78. The van der Waals surface area contributed by atoms with Gasteiger partial charge in [0.25, 0.3) is 0 Å². The SMILES string of the molecule is CCOC(=O)c1cc(S(=O)(=O)NCCCC(=O)O)cn1C. The average molecular weight is 318 g/mol. The Hall–Kier alpha value is -1.87. The van der Waals surface area contributed by atoms with Crippen LogP contribution in [0.25, 0.3) is 0 Å². The molecule has 21 heavy (non-hydrogen) atoms. The zero-order chi connectivity index (χ0) is 16.0. The van der Waals surface area contributed by atoms with Crippen LogP contribution in [0, 0.1) is 0 Å². The molecule has 0 aliphatic carbocycles. The molecule has 1 aromatic heterocycles. The van der Waals surface area contributed by atoms with Crippen molar-refractivity contribution in [2.75, 3.05) is 13.2 Å². The summed E-state index contributed by atoms with van der Waals surface area (Å²) in [6.45, 7) is 1.86. The predicted molar refractivity (Wildman–Crippen MR) is 73.4 cm³/mol. The highest BCUT2D eigenvalue weighted by molar-refractivity contribution is 7.89. The summed E-state index contributed by atoms with van der Waals surface area (Å²) >= 11 is 0. The smallest absolute Gasteiger partial charge is 0.354 e. The number of carbonyl (C=O) groups excluding carboxylic acids is 1. The monoisotopic (exact) mass is 318 g/mol. The van der Waals surface area contributed by atoms with Crippen molar-refractivity contribution in [3.63, 3.8) is 0 Å². The molecule has 8 nitrogen and oxygen atoms in total. The van der Waals surface area contributed by atoms with Crippen molar-refractivity contribution in [1.82, 2.24) is 9.29 Å². The molecule has 118 valence electrons. The van der Waals surface area contributed by atoms with Gasteiger partial charge in [-0.3, -0.25) is 4.79 Å². The molecular formula is C12H18N2O6S. The molecule has 0 bridgehead atoms. The summed E-state index contributed by atoms with van der Waals surface area (Å²) in [5.41, 5.74) is 0.128. The lowest BCUT2D eigenvalue weighted by atomic mass is 10.3. The molecule has 0 aromatic carbocycles. The Morgan fingerprint density at radius 1 is 1.43 bits per heavy atom. The molecule has 0 atom stereocenters. The molecule has 0 radical (unpaired) electrons. The van der Waals surface area contributed by atoms with E-state index in [1.54, 1.807) is 6.92 Å². The van der Waals surface area contributed by atoms with Gasteiger partial charge >= 0.3 is 11.9 Å². The van der Waals surface area contributed by atoms with Gasteiger partial charge in [0.1, 0.15) is 10.6 Å². The highest BCUT2D eigenvalue weighted by Gasteiger charge is 2.20. The molecular weight excluding hydrogens is 300 g/mol. The third-order valence-corrected chi connectivity index (χ3v) is 4.06. The fourth-order valence-electron chi connectivity index (χ4n) is 1.62. The molecule has 0 aliphatic heterocycles. The van der Waals surface area contributed by atoms with E-state index in [0.29, 0.717) is 0 Å². The molecule has 0 aliphatic rings. The van der Waals surface area contributed by atoms with E-state index in [4.69, 9.17) is 9.84 Å². The number of hydrogen-bond acceptors (Lipinski definition) is 5. The molecule has 9 heteroatoms. The number of carboxylic acid groups (broad SMARTS) is 1. The van der Waals surface area contributed by atoms with Crippen molar-refractivity contribution < 1.29 is 27.9 Å². The van der Waals surface area contributed by atoms with Crippen molar-refractivity contribution in [1.29, 1.82) is 0 Å². The Kier molecular flexibility index (Phi) is 5.91. The number of rotatable bonds is 8. The topological polar surface area (TPSA) is 115 Å². The normalized spacial score (nSPS) is 11.3. The number of ether oxygens (including phenoxy) is 1. The van der Waals surface area contributed by atoms with Gasteiger partial charge in [0.2, 0.25) is 10.0 Å². The minimum absolute atomic E-state index is 0.0122. The Morgan fingerprint density at radius 3 is 2.67 bits per heavy atom. The van der Waals surface area contributed by atoms with E-state index < -0.39 is 22.0 Å². The van der Waals surface area contributed by atoms with E-state index in [1.165, 1.54) is 23.9 Å². The number of aryl methyl sites for hydroxylation is 1. The summed E-state index contributed by atoms with van der Waals surface area (Å²) in [6.07, 6.45) is 1.36. The van der Waals surface area contributed by atoms with Gasteiger partial charge in [-0.1, -0.05) is 0 Å². The van der Waals surface area contributed by atoms with Crippen LogP contribution in [0.1, 0.15) is 30.3 Å². The summed E-state index contributed by atoms with van der Waals surface area (Å²) in [6, 6.07) is 1.22. The summed E-state index contributed by atoms with van der Waals surface area (Å²) in [4.78, 5) is 21.9. The van der Waals surface area contributed by atoms with Crippen LogP contribution in [0.15, 0.2) is 17.2 Å². The first-order chi connectivity index (χ1) is 9.77. The molecule has 0 saturated carbocycles. The molecule has 0 spiro atoms. The van der Waals surface area contributed by atoms with E-state index in [9.17, 15) is 18.0 Å². The van der Waals surface area contributed by atoms with Crippen LogP contribution in [0.4, 0.5) is 0 Å². The van der Waals surface area contributed by atoms with Gasteiger partial charge in [-0.2, -0.15) is 0 Å². The van der Waals surface area contributed by atoms with E-state index >= 15 is 0 Å². The summed E-state index contributed by atoms with van der Waals surface area (Å²) < 4.78 is 32.5. The quantitative estimate of drug-likeness (QED) is 0.528. The second-order valence-corrected chi connectivity index (χ2v) is 6.05. The minimum Gasteiger partial charge on any atom is -0.481 e. The van der Waals surface area contributed by atoms with E-state index in [1.807, 2.05) is 0 Å². The molecule has 2 N–H and O–H groups in total. The second-order valence-electron chi connectivity index (χ2n) is 4.29. The number of aliphatic carboxylic acids is 1. The number of carboxylic acids is 1. The Labute approximate surface area is 122 Å². The molecule has 1 heterocycles. The lowest BCUT2D eigenvalue weighted by molar-refractivity contribution is -0.137. The lowest BCUT2D eigenvalue weighted by Gasteiger charge is -2.03. The van der Waals surface area contributed by atoms with E-state index in [-0.39, 0.29) is 36.6 Å². The van der Waals surface area contributed by atoms with Gasteiger partial charge in [-0.25, -0.2) is 17.9 Å². The van der Waals surface area contributed by atoms with Crippen LogP contribution in [-0.2, 0) is 26.6 Å². The lowest BCUT2D eigenvalue weighted by Crippen LogP contribution is -2.24. The molecule has 0 unspecified atom stereocenters. The first-order valence-electron chi connectivity index (χ1n) is 6.33. The predicted octanol–water partition coefficient (Wildman–Crippen LogP) is 0.345. The average Bonchev–Trinajstić information content (AvgIpc) is 2.78. The summed E-state index contributed by atoms with van der Waals surface area (Å²) in [7, 11) is -2.24. The number of nitrogens with zero attached hydrogens (tertiary/aromatic N) is 1. The maximum atomic E-state index is 12.0. The highest BCUT2D eigenvalue weighted by atomic mass is 32.2. The van der Waals surface area contributed by atoms with Crippen molar-refractivity contribution in [3.05, 3.63) is 18.0 Å². The molecule has 1 aromatic rings. The number of aromatic nitrogens is 1. The third kappa shape index (κ3) is 4.87. The summed E-state index contributed by atoms with van der Waals surface area (Å²) in [5, 5.41) is 8.48. The van der Waals surface area contributed by atoms with E-state index in [2.05, 4.69) is 4.72 Å². The van der Waals surface area contributed by atoms with Crippen molar-refractivity contribution in [2.45, 2.75) is 24.7 Å². The maximum Gasteiger partial charge on any atom is 0.354 e. The van der Waals surface area contributed by atoms with Crippen LogP contribution in [0.5, 0.6) is 0 Å². The highest BCUT2D eigenvalue weighted by Crippen LogP contribution is 2.14. The van der Waals surface area contributed by atoms with E-state index in [0.717, 1.165) is 0 Å². The van der Waals surface area contributed by atoms with Crippen LogP contribution in [0.2, 0.25) is 0 Å². The zero-order valence-corrected chi connectivity index (χ0v) is 12.6. The van der Waals surface area contributed by atoms with Gasteiger partial charge in [0.05, 0.1) is 6.61 Å². The van der Waals surface area contributed by atoms with Crippen LogP contribution >= 0.6 is 0 Å².